The molecule has 1 atom stereocenters. The van der Waals surface area contributed by atoms with Crippen LogP contribution in [0.4, 0.5) is 5.69 Å². The summed E-state index contributed by atoms with van der Waals surface area (Å²) in [5.74, 6) is 0. The molecule has 1 aromatic rings. The van der Waals surface area contributed by atoms with E-state index in [2.05, 4.69) is 43.0 Å². The van der Waals surface area contributed by atoms with Gasteiger partial charge in [-0.05, 0) is 30.9 Å². The van der Waals surface area contributed by atoms with Crippen molar-refractivity contribution in [2.75, 3.05) is 11.4 Å². The molecule has 0 spiro atoms. The van der Waals surface area contributed by atoms with Crippen molar-refractivity contribution in [3.63, 3.8) is 0 Å². The number of para-hydroxylation sites is 1. The maximum Gasteiger partial charge on any atom is 0.0417 e. The average Bonchev–Trinajstić information content (AvgIpc) is 2.34. The molecule has 1 aliphatic rings. The molecule has 0 bridgehead atoms. The number of anilines is 1. The molecule has 2 N–H and O–H groups in total. The van der Waals surface area contributed by atoms with E-state index in [1.54, 1.807) is 0 Å². The molecule has 0 aromatic heterocycles. The molecular formula is C14H22N2. The van der Waals surface area contributed by atoms with Crippen molar-refractivity contribution in [1.82, 2.24) is 0 Å². The highest BCUT2D eigenvalue weighted by Crippen LogP contribution is 2.34. The van der Waals surface area contributed by atoms with E-state index in [1.807, 2.05) is 0 Å². The summed E-state index contributed by atoms with van der Waals surface area (Å²) < 4.78 is 0. The van der Waals surface area contributed by atoms with Crippen LogP contribution in [0.15, 0.2) is 24.3 Å². The molecule has 0 saturated heterocycles. The van der Waals surface area contributed by atoms with Crippen molar-refractivity contribution in [2.24, 2.45) is 5.73 Å². The van der Waals surface area contributed by atoms with Gasteiger partial charge in [0.15, 0.2) is 0 Å². The van der Waals surface area contributed by atoms with Crippen molar-refractivity contribution in [3.05, 3.63) is 29.8 Å². The second kappa shape index (κ2) is 4.88. The van der Waals surface area contributed by atoms with Crippen LogP contribution in [-0.4, -0.2) is 12.6 Å². The van der Waals surface area contributed by atoms with Gasteiger partial charge in [-0.1, -0.05) is 32.0 Å². The van der Waals surface area contributed by atoms with Crippen LogP contribution >= 0.6 is 0 Å². The fourth-order valence-corrected chi connectivity index (χ4v) is 2.73. The third-order valence-electron chi connectivity index (χ3n) is 3.71. The Hall–Kier alpha value is -1.02. The number of hydrogen-bond acceptors (Lipinski definition) is 2. The summed E-state index contributed by atoms with van der Waals surface area (Å²) in [6.45, 7) is 5.64. The van der Waals surface area contributed by atoms with Gasteiger partial charge in [0, 0.05) is 24.3 Å². The Balaban J connectivity index is 2.34. The average molecular weight is 218 g/mol. The fraction of sp³-hybridized carbons (Fsp3) is 0.571. The number of rotatable bonds is 3. The molecule has 2 nitrogen and oxygen atoms in total. The summed E-state index contributed by atoms with van der Waals surface area (Å²) in [5, 5.41) is 0. The van der Waals surface area contributed by atoms with Gasteiger partial charge in [-0.3, -0.25) is 0 Å². The Morgan fingerprint density at radius 2 is 2.00 bits per heavy atom. The number of benzene rings is 1. The summed E-state index contributed by atoms with van der Waals surface area (Å²) in [6.07, 6.45) is 3.49. The van der Waals surface area contributed by atoms with Gasteiger partial charge in [0.1, 0.15) is 0 Å². The van der Waals surface area contributed by atoms with Crippen molar-refractivity contribution < 1.29 is 0 Å². The lowest BCUT2D eigenvalue weighted by molar-refractivity contribution is 0.503. The van der Waals surface area contributed by atoms with Gasteiger partial charge in [-0.2, -0.15) is 0 Å². The molecule has 0 amide bonds. The predicted octanol–water partition coefficient (Wildman–Crippen LogP) is 3.09. The Kier molecular flexibility index (Phi) is 3.49. The summed E-state index contributed by atoms with van der Waals surface area (Å²) in [4.78, 5) is 2.54. The second-order valence-electron chi connectivity index (χ2n) is 4.62. The lowest BCUT2D eigenvalue weighted by atomic mass is 9.95. The van der Waals surface area contributed by atoms with Gasteiger partial charge >= 0.3 is 0 Å². The molecular weight excluding hydrogens is 196 g/mol. The van der Waals surface area contributed by atoms with Crippen LogP contribution in [0, 0.1) is 0 Å². The maximum absolute atomic E-state index is 6.16. The van der Waals surface area contributed by atoms with Crippen LogP contribution in [0.3, 0.4) is 0 Å². The minimum Gasteiger partial charge on any atom is -0.368 e. The van der Waals surface area contributed by atoms with E-state index in [4.69, 9.17) is 5.73 Å². The van der Waals surface area contributed by atoms with Crippen molar-refractivity contribution in [1.29, 1.82) is 0 Å². The van der Waals surface area contributed by atoms with E-state index in [0.29, 0.717) is 6.04 Å². The molecule has 1 heterocycles. The van der Waals surface area contributed by atoms with Gasteiger partial charge < -0.3 is 10.6 Å². The second-order valence-corrected chi connectivity index (χ2v) is 4.62. The van der Waals surface area contributed by atoms with Gasteiger partial charge in [0.05, 0.1) is 0 Å². The van der Waals surface area contributed by atoms with Gasteiger partial charge in [-0.25, -0.2) is 0 Å². The van der Waals surface area contributed by atoms with Crippen molar-refractivity contribution in [3.8, 4) is 0 Å². The Morgan fingerprint density at radius 1 is 1.31 bits per heavy atom. The molecule has 1 unspecified atom stereocenters. The molecule has 1 aromatic carbocycles. The Bertz CT molecular complexity index is 344. The molecule has 0 fully saturated rings. The van der Waals surface area contributed by atoms with E-state index < -0.39 is 0 Å². The summed E-state index contributed by atoms with van der Waals surface area (Å²) in [7, 11) is 0. The monoisotopic (exact) mass is 218 g/mol. The molecule has 0 saturated carbocycles. The molecule has 0 radical (unpaired) electrons. The molecule has 16 heavy (non-hydrogen) atoms. The highest BCUT2D eigenvalue weighted by molar-refractivity contribution is 5.57. The SMILES string of the molecule is CCC(CC)N1CCC(N)c2ccccc21. The van der Waals surface area contributed by atoms with Crippen molar-refractivity contribution >= 4 is 5.69 Å². The quantitative estimate of drug-likeness (QED) is 0.844. The minimum atomic E-state index is 0.224. The largest absolute Gasteiger partial charge is 0.368 e. The first-order chi connectivity index (χ1) is 7.77. The number of nitrogens with zero attached hydrogens (tertiary/aromatic N) is 1. The zero-order valence-corrected chi connectivity index (χ0v) is 10.3. The summed E-state index contributed by atoms with van der Waals surface area (Å²) in [6, 6.07) is 9.48. The predicted molar refractivity (Wildman–Crippen MR) is 69.7 cm³/mol. The third kappa shape index (κ3) is 1.94. The molecule has 2 rings (SSSR count). The fourth-order valence-electron chi connectivity index (χ4n) is 2.73. The van der Waals surface area contributed by atoms with Crippen LogP contribution in [0.5, 0.6) is 0 Å². The number of fused-ring (bicyclic) bond motifs is 1. The zero-order chi connectivity index (χ0) is 11.5. The first-order valence-corrected chi connectivity index (χ1v) is 6.39. The van der Waals surface area contributed by atoms with E-state index in [-0.39, 0.29) is 6.04 Å². The van der Waals surface area contributed by atoms with Crippen LogP contribution in [0.1, 0.15) is 44.7 Å². The topological polar surface area (TPSA) is 29.3 Å². The van der Waals surface area contributed by atoms with E-state index >= 15 is 0 Å². The lowest BCUT2D eigenvalue weighted by Crippen LogP contribution is -2.40. The van der Waals surface area contributed by atoms with E-state index in [1.165, 1.54) is 24.1 Å². The first-order valence-electron chi connectivity index (χ1n) is 6.39. The highest BCUT2D eigenvalue weighted by atomic mass is 15.2. The summed E-state index contributed by atoms with van der Waals surface area (Å²) in [5.41, 5.74) is 8.84. The van der Waals surface area contributed by atoms with E-state index in [9.17, 15) is 0 Å². The molecule has 88 valence electrons. The summed E-state index contributed by atoms with van der Waals surface area (Å²) >= 11 is 0. The highest BCUT2D eigenvalue weighted by Gasteiger charge is 2.25. The van der Waals surface area contributed by atoms with Crippen molar-refractivity contribution in [2.45, 2.75) is 45.2 Å². The standard InChI is InChI=1S/C14H22N2/c1-3-11(4-2)16-10-9-13(15)12-7-5-6-8-14(12)16/h5-8,11,13H,3-4,9-10,15H2,1-2H3. The maximum atomic E-state index is 6.16. The van der Waals surface area contributed by atoms with Crippen LogP contribution in [0.25, 0.3) is 0 Å². The first kappa shape index (κ1) is 11.5. The lowest BCUT2D eigenvalue weighted by Gasteiger charge is -2.39. The van der Waals surface area contributed by atoms with Crippen LogP contribution in [-0.2, 0) is 0 Å². The van der Waals surface area contributed by atoms with Gasteiger partial charge in [0.25, 0.3) is 0 Å². The molecule has 1 aliphatic heterocycles. The minimum absolute atomic E-state index is 0.224. The van der Waals surface area contributed by atoms with Crippen LogP contribution in [0.2, 0.25) is 0 Å². The van der Waals surface area contributed by atoms with Crippen LogP contribution < -0.4 is 10.6 Å². The van der Waals surface area contributed by atoms with E-state index in [0.717, 1.165) is 13.0 Å². The molecule has 2 heteroatoms. The van der Waals surface area contributed by atoms with Gasteiger partial charge in [-0.15, -0.1) is 0 Å². The Labute approximate surface area is 98.4 Å². The molecule has 0 aliphatic carbocycles. The zero-order valence-electron chi connectivity index (χ0n) is 10.3. The Morgan fingerprint density at radius 3 is 2.69 bits per heavy atom. The smallest absolute Gasteiger partial charge is 0.0417 e. The third-order valence-corrected chi connectivity index (χ3v) is 3.71. The number of hydrogen-bond donors (Lipinski definition) is 1. The van der Waals surface area contributed by atoms with Gasteiger partial charge in [0.2, 0.25) is 0 Å². The normalized spacial score (nSPS) is 20.0. The number of nitrogens with two attached hydrogens (primary N) is 1.